The van der Waals surface area contributed by atoms with Gasteiger partial charge in [-0.2, -0.15) is 0 Å². The fourth-order valence-electron chi connectivity index (χ4n) is 2.09. The lowest BCUT2D eigenvalue weighted by Gasteiger charge is -2.26. The number of aromatic nitrogens is 1. The van der Waals surface area contributed by atoms with Crippen LogP contribution in [0.15, 0.2) is 21.9 Å². The third kappa shape index (κ3) is 3.96. The van der Waals surface area contributed by atoms with Crippen LogP contribution in [-0.4, -0.2) is 23.0 Å². The van der Waals surface area contributed by atoms with E-state index in [1.54, 1.807) is 11.3 Å². The van der Waals surface area contributed by atoms with Crippen LogP contribution >= 0.6 is 11.3 Å². The molecule has 2 heterocycles. The van der Waals surface area contributed by atoms with E-state index in [4.69, 9.17) is 10.2 Å². The topological polar surface area (TPSA) is 81.1 Å². The van der Waals surface area contributed by atoms with Crippen molar-refractivity contribution in [2.24, 2.45) is 5.73 Å². The summed E-state index contributed by atoms with van der Waals surface area (Å²) in [5.74, 6) is 1.18. The van der Waals surface area contributed by atoms with E-state index in [9.17, 15) is 4.79 Å². The lowest BCUT2D eigenvalue weighted by atomic mass is 9.94. The van der Waals surface area contributed by atoms with E-state index in [0.29, 0.717) is 23.9 Å². The molecule has 0 aliphatic carbocycles. The second-order valence-electron chi connectivity index (χ2n) is 5.52. The lowest BCUT2D eigenvalue weighted by molar-refractivity contribution is -0.120. The molecule has 2 rings (SSSR count). The highest BCUT2D eigenvalue weighted by Crippen LogP contribution is 2.26. The van der Waals surface area contributed by atoms with Gasteiger partial charge in [0.2, 0.25) is 11.8 Å². The third-order valence-electron chi connectivity index (χ3n) is 4.00. The van der Waals surface area contributed by atoms with Gasteiger partial charge >= 0.3 is 0 Å². The average molecular weight is 321 g/mol. The number of aryl methyl sites for hydroxylation is 1. The van der Waals surface area contributed by atoms with Crippen LogP contribution in [0, 0.1) is 6.92 Å². The van der Waals surface area contributed by atoms with Gasteiger partial charge in [-0.15, -0.1) is 11.3 Å². The fraction of sp³-hybridized carbons (Fsp3) is 0.500. The van der Waals surface area contributed by atoms with Crippen LogP contribution in [0.25, 0.3) is 10.8 Å². The summed E-state index contributed by atoms with van der Waals surface area (Å²) in [6, 6.07) is 3.90. The maximum atomic E-state index is 12.1. The van der Waals surface area contributed by atoms with E-state index < -0.39 is 0 Å². The summed E-state index contributed by atoms with van der Waals surface area (Å²) < 4.78 is 5.64. The Bertz CT molecular complexity index is 615. The van der Waals surface area contributed by atoms with Gasteiger partial charge in [0.1, 0.15) is 5.76 Å². The van der Waals surface area contributed by atoms with Crippen molar-refractivity contribution in [3.63, 3.8) is 0 Å². The van der Waals surface area contributed by atoms with Gasteiger partial charge in [-0.05, 0) is 31.2 Å². The number of hydrogen-bond donors (Lipinski definition) is 2. The van der Waals surface area contributed by atoms with Crippen molar-refractivity contribution in [1.29, 1.82) is 0 Å². The summed E-state index contributed by atoms with van der Waals surface area (Å²) in [7, 11) is 0. The molecule has 0 aliphatic heterocycles. The van der Waals surface area contributed by atoms with Gasteiger partial charge in [-0.1, -0.05) is 19.9 Å². The number of nitrogens with two attached hydrogens (primary N) is 1. The molecule has 0 bridgehead atoms. The number of carbonyl (C=O) groups is 1. The molecular weight excluding hydrogens is 298 g/mol. The Hall–Kier alpha value is -1.66. The largest absolute Gasteiger partial charge is 0.440 e. The quantitative estimate of drug-likeness (QED) is 0.821. The van der Waals surface area contributed by atoms with E-state index in [2.05, 4.69) is 10.3 Å². The molecule has 1 amide bonds. The molecule has 5 nitrogen and oxygen atoms in total. The number of nitrogens with zero attached hydrogens (tertiary/aromatic N) is 1. The van der Waals surface area contributed by atoms with Gasteiger partial charge in [0.25, 0.3) is 0 Å². The van der Waals surface area contributed by atoms with Gasteiger partial charge in [-0.25, -0.2) is 4.98 Å². The summed E-state index contributed by atoms with van der Waals surface area (Å²) in [6.45, 7) is 6.38. The number of amides is 1. The molecule has 0 unspecified atom stereocenters. The highest BCUT2D eigenvalue weighted by atomic mass is 32.1. The monoisotopic (exact) mass is 321 g/mol. The Kier molecular flexibility index (Phi) is 5.37. The number of nitrogens with one attached hydrogen (secondary N) is 1. The molecule has 0 saturated heterocycles. The van der Waals surface area contributed by atoms with Crippen molar-refractivity contribution < 1.29 is 9.21 Å². The van der Waals surface area contributed by atoms with Crippen LogP contribution in [0.2, 0.25) is 0 Å². The molecular formula is C16H23N3O2S. The molecule has 3 N–H and O–H groups in total. The summed E-state index contributed by atoms with van der Waals surface area (Å²) in [4.78, 5) is 17.5. The molecule has 120 valence electrons. The zero-order chi connectivity index (χ0) is 16.2. The van der Waals surface area contributed by atoms with Crippen molar-refractivity contribution in [1.82, 2.24) is 10.3 Å². The third-order valence-corrected chi connectivity index (χ3v) is 4.86. The molecule has 0 atom stereocenters. The molecule has 0 radical (unpaired) electrons. The van der Waals surface area contributed by atoms with E-state index in [1.165, 1.54) is 0 Å². The number of thiophene rings is 1. The molecule has 2 aromatic heterocycles. The summed E-state index contributed by atoms with van der Waals surface area (Å²) in [6.07, 6.45) is 1.87. The van der Waals surface area contributed by atoms with E-state index in [-0.39, 0.29) is 17.9 Å². The minimum absolute atomic E-state index is 0.0779. The highest BCUT2D eigenvalue weighted by molar-refractivity contribution is 7.13. The zero-order valence-electron chi connectivity index (χ0n) is 13.3. The maximum Gasteiger partial charge on any atom is 0.236 e. The van der Waals surface area contributed by atoms with Crippen LogP contribution in [0.5, 0.6) is 0 Å². The Balaban J connectivity index is 1.97. The SMILES string of the molecule is CCC(N)(CC)CNC(=O)Cc1nc(-c2cccs2)oc1C. The minimum atomic E-state index is -0.337. The number of carbonyl (C=O) groups excluding carboxylic acids is 1. The van der Waals surface area contributed by atoms with Crippen molar-refractivity contribution in [2.75, 3.05) is 6.54 Å². The van der Waals surface area contributed by atoms with Crippen LogP contribution < -0.4 is 11.1 Å². The van der Waals surface area contributed by atoms with Gasteiger partial charge < -0.3 is 15.5 Å². The van der Waals surface area contributed by atoms with Crippen LogP contribution in [0.4, 0.5) is 0 Å². The molecule has 2 aromatic rings. The van der Waals surface area contributed by atoms with Gasteiger partial charge in [0.05, 0.1) is 17.0 Å². The normalized spacial score (nSPS) is 11.6. The zero-order valence-corrected chi connectivity index (χ0v) is 14.1. The van der Waals surface area contributed by atoms with Crippen molar-refractivity contribution >= 4 is 17.2 Å². The van der Waals surface area contributed by atoms with Gasteiger partial charge in [0, 0.05) is 12.1 Å². The average Bonchev–Trinajstić information content (AvgIpc) is 3.15. The molecule has 22 heavy (non-hydrogen) atoms. The second kappa shape index (κ2) is 7.07. The van der Waals surface area contributed by atoms with Crippen LogP contribution in [0.1, 0.15) is 38.1 Å². The van der Waals surface area contributed by atoms with E-state index >= 15 is 0 Å². The van der Waals surface area contributed by atoms with Crippen molar-refractivity contribution in [2.45, 2.75) is 45.6 Å². The Morgan fingerprint density at radius 2 is 2.18 bits per heavy atom. The first-order valence-corrected chi connectivity index (χ1v) is 8.41. The highest BCUT2D eigenvalue weighted by Gasteiger charge is 2.22. The summed E-state index contributed by atoms with van der Waals surface area (Å²) in [5.41, 5.74) is 6.53. The first-order valence-electron chi connectivity index (χ1n) is 7.53. The number of hydrogen-bond acceptors (Lipinski definition) is 5. The Morgan fingerprint density at radius 3 is 2.77 bits per heavy atom. The minimum Gasteiger partial charge on any atom is -0.440 e. The smallest absolute Gasteiger partial charge is 0.236 e. The Labute approximate surface area is 134 Å². The fourth-order valence-corrected chi connectivity index (χ4v) is 2.74. The standard InChI is InChI=1S/C16H23N3O2S/c1-4-16(17,5-2)10-18-14(20)9-12-11(3)21-15(19-12)13-7-6-8-22-13/h6-8H,4-5,9-10,17H2,1-3H3,(H,18,20). The predicted molar refractivity (Wildman–Crippen MR) is 88.8 cm³/mol. The van der Waals surface area contributed by atoms with Crippen molar-refractivity contribution in [3.8, 4) is 10.8 Å². The van der Waals surface area contributed by atoms with Gasteiger partial charge in [-0.3, -0.25) is 4.79 Å². The molecule has 0 aromatic carbocycles. The maximum absolute atomic E-state index is 12.1. The second-order valence-corrected chi connectivity index (χ2v) is 6.47. The molecule has 0 aliphatic rings. The number of oxazole rings is 1. The van der Waals surface area contributed by atoms with Crippen LogP contribution in [-0.2, 0) is 11.2 Å². The molecule has 0 fully saturated rings. The molecule has 0 spiro atoms. The number of rotatable bonds is 7. The first kappa shape index (κ1) is 16.7. The molecule has 6 heteroatoms. The predicted octanol–water partition coefficient (Wildman–Crippen LogP) is 2.89. The molecule has 0 saturated carbocycles. The first-order chi connectivity index (χ1) is 10.5. The van der Waals surface area contributed by atoms with Crippen LogP contribution in [0.3, 0.4) is 0 Å². The van der Waals surface area contributed by atoms with Crippen molar-refractivity contribution in [3.05, 3.63) is 29.0 Å². The van der Waals surface area contributed by atoms with E-state index in [0.717, 1.165) is 17.7 Å². The summed E-state index contributed by atoms with van der Waals surface area (Å²) >= 11 is 1.56. The van der Waals surface area contributed by atoms with Gasteiger partial charge in [0.15, 0.2) is 0 Å². The van der Waals surface area contributed by atoms with E-state index in [1.807, 2.05) is 38.3 Å². The lowest BCUT2D eigenvalue weighted by Crippen LogP contribution is -2.49. The summed E-state index contributed by atoms with van der Waals surface area (Å²) in [5, 5.41) is 4.87. The Morgan fingerprint density at radius 1 is 1.45 bits per heavy atom.